The number of fused-ring (bicyclic) bond motifs is 2. The lowest BCUT2D eigenvalue weighted by Crippen LogP contribution is -2.34. The molecule has 0 radical (unpaired) electrons. The molecule has 130 valence electrons. The minimum atomic E-state index is -3.45. The number of aryl methyl sites for hydroxylation is 2. The van der Waals surface area contributed by atoms with Crippen LogP contribution in [0.1, 0.15) is 47.6 Å². The topological polar surface area (TPSA) is 37.4 Å². The molecule has 0 heterocycles. The molecular formula is C21H23NO2S. The number of rotatable bonds is 3. The van der Waals surface area contributed by atoms with Crippen LogP contribution < -0.4 is 0 Å². The van der Waals surface area contributed by atoms with E-state index in [1.807, 2.05) is 36.4 Å². The fourth-order valence-corrected chi connectivity index (χ4v) is 5.63. The maximum Gasteiger partial charge on any atom is 0.239 e. The van der Waals surface area contributed by atoms with Crippen molar-refractivity contribution in [3.05, 3.63) is 75.7 Å². The van der Waals surface area contributed by atoms with Crippen LogP contribution in [0.2, 0.25) is 0 Å². The van der Waals surface area contributed by atoms with Gasteiger partial charge in [-0.3, -0.25) is 0 Å². The van der Waals surface area contributed by atoms with E-state index in [9.17, 15) is 8.42 Å². The number of hydrogen-bond donors (Lipinski definition) is 0. The minimum Gasteiger partial charge on any atom is -0.207 e. The van der Waals surface area contributed by atoms with Gasteiger partial charge >= 0.3 is 0 Å². The first kappa shape index (κ1) is 16.6. The molecule has 1 unspecified atom stereocenters. The van der Waals surface area contributed by atoms with E-state index in [1.54, 1.807) is 11.4 Å². The first-order chi connectivity index (χ1) is 12.1. The third-order valence-corrected chi connectivity index (χ3v) is 7.50. The van der Waals surface area contributed by atoms with Gasteiger partial charge in [-0.2, -0.15) is 4.31 Å². The second kappa shape index (κ2) is 6.43. The smallest absolute Gasteiger partial charge is 0.207 e. The van der Waals surface area contributed by atoms with E-state index in [1.165, 1.54) is 11.1 Å². The first-order valence-electron chi connectivity index (χ1n) is 8.92. The highest BCUT2D eigenvalue weighted by atomic mass is 32.2. The molecule has 2 aromatic rings. The molecule has 0 saturated heterocycles. The fourth-order valence-electron chi connectivity index (χ4n) is 4.07. The lowest BCUT2D eigenvalue weighted by molar-refractivity contribution is 0.339. The molecule has 2 aliphatic rings. The summed E-state index contributed by atoms with van der Waals surface area (Å²) in [5.41, 5.74) is 4.71. The quantitative estimate of drug-likeness (QED) is 0.824. The zero-order chi connectivity index (χ0) is 17.4. The molecule has 0 aliphatic heterocycles. The molecule has 0 aromatic heterocycles. The van der Waals surface area contributed by atoms with Crippen molar-refractivity contribution in [3.8, 4) is 0 Å². The summed E-state index contributed by atoms with van der Waals surface area (Å²) in [4.78, 5) is 0.539. The van der Waals surface area contributed by atoms with E-state index in [0.29, 0.717) is 11.3 Å². The van der Waals surface area contributed by atoms with Gasteiger partial charge in [0.1, 0.15) is 0 Å². The number of nitrogens with zero attached hydrogens (tertiary/aromatic N) is 1. The second-order valence-corrected chi connectivity index (χ2v) is 8.99. The van der Waals surface area contributed by atoms with Gasteiger partial charge in [0.15, 0.2) is 0 Å². The Morgan fingerprint density at radius 1 is 0.920 bits per heavy atom. The molecular weight excluding hydrogens is 330 g/mol. The van der Waals surface area contributed by atoms with Crippen LogP contribution in [0.15, 0.2) is 53.4 Å². The van der Waals surface area contributed by atoms with Crippen molar-refractivity contribution in [2.45, 2.75) is 38.1 Å². The molecule has 0 amide bonds. The van der Waals surface area contributed by atoms with E-state index in [4.69, 9.17) is 0 Å². The number of sulfonamides is 1. The molecule has 4 rings (SSSR count). The van der Waals surface area contributed by atoms with Gasteiger partial charge in [0.2, 0.25) is 10.0 Å². The predicted molar refractivity (Wildman–Crippen MR) is 102 cm³/mol. The van der Waals surface area contributed by atoms with Crippen molar-refractivity contribution in [1.82, 2.24) is 4.31 Å². The Hall–Kier alpha value is -1.91. The van der Waals surface area contributed by atoms with E-state index in [0.717, 1.165) is 36.8 Å². The standard InChI is InChI=1S/C21H23NO2S/c1-22(21-12-6-10-17-8-4-5-11-20(17)21)25(23,24)19-14-13-16-7-2-3-9-18(16)15-19/h2-5,7-9,11,15,21H,6,10,12-14H2,1H3. The van der Waals surface area contributed by atoms with Gasteiger partial charge in [0.05, 0.1) is 4.91 Å². The van der Waals surface area contributed by atoms with Gasteiger partial charge < -0.3 is 0 Å². The maximum absolute atomic E-state index is 13.3. The average molecular weight is 353 g/mol. The molecule has 2 aliphatic carbocycles. The number of benzene rings is 2. The average Bonchev–Trinajstić information content (AvgIpc) is 2.66. The molecule has 0 saturated carbocycles. The monoisotopic (exact) mass is 353 g/mol. The lowest BCUT2D eigenvalue weighted by Gasteiger charge is -2.33. The van der Waals surface area contributed by atoms with Gasteiger partial charge in [-0.05, 0) is 60.4 Å². The van der Waals surface area contributed by atoms with Crippen molar-refractivity contribution in [2.75, 3.05) is 7.05 Å². The molecule has 0 bridgehead atoms. The van der Waals surface area contributed by atoms with E-state index >= 15 is 0 Å². The van der Waals surface area contributed by atoms with Crippen LogP contribution in [0.25, 0.3) is 6.08 Å². The zero-order valence-electron chi connectivity index (χ0n) is 14.5. The molecule has 0 spiro atoms. The molecule has 2 aromatic carbocycles. The summed E-state index contributed by atoms with van der Waals surface area (Å²) in [5.74, 6) is 0. The van der Waals surface area contributed by atoms with Crippen molar-refractivity contribution < 1.29 is 8.42 Å². The van der Waals surface area contributed by atoms with Gasteiger partial charge in [0, 0.05) is 13.1 Å². The third kappa shape index (κ3) is 2.94. The zero-order valence-corrected chi connectivity index (χ0v) is 15.3. The molecule has 0 fully saturated rings. The maximum atomic E-state index is 13.3. The Balaban J connectivity index is 1.69. The van der Waals surface area contributed by atoms with Crippen LogP contribution in [0.4, 0.5) is 0 Å². The summed E-state index contributed by atoms with van der Waals surface area (Å²) in [7, 11) is -1.71. The Labute approximate surface area is 150 Å². The molecule has 1 atom stereocenters. The molecule has 3 nitrogen and oxygen atoms in total. The van der Waals surface area contributed by atoms with Gasteiger partial charge in [-0.25, -0.2) is 8.42 Å². The highest BCUT2D eigenvalue weighted by Crippen LogP contribution is 2.38. The van der Waals surface area contributed by atoms with Crippen LogP contribution in [0, 0.1) is 0 Å². The van der Waals surface area contributed by atoms with Gasteiger partial charge in [-0.1, -0.05) is 48.5 Å². The highest BCUT2D eigenvalue weighted by Gasteiger charge is 2.33. The first-order valence-corrected chi connectivity index (χ1v) is 10.4. The predicted octanol–water partition coefficient (Wildman–Crippen LogP) is 4.31. The summed E-state index contributed by atoms with van der Waals surface area (Å²) in [6.07, 6.45) is 6.18. The van der Waals surface area contributed by atoms with E-state index < -0.39 is 10.0 Å². The normalized spacial score (nSPS) is 19.9. The summed E-state index contributed by atoms with van der Waals surface area (Å²) in [5, 5.41) is 0. The van der Waals surface area contributed by atoms with E-state index in [2.05, 4.69) is 18.2 Å². The minimum absolute atomic E-state index is 0.0620. The van der Waals surface area contributed by atoms with Crippen LogP contribution >= 0.6 is 0 Å². The summed E-state index contributed by atoms with van der Waals surface area (Å²) in [6.45, 7) is 0. The van der Waals surface area contributed by atoms with Crippen molar-refractivity contribution in [2.24, 2.45) is 0 Å². The van der Waals surface area contributed by atoms with Crippen molar-refractivity contribution in [1.29, 1.82) is 0 Å². The Morgan fingerprint density at radius 3 is 2.48 bits per heavy atom. The molecule has 4 heteroatoms. The SMILES string of the molecule is CN(C1CCCc2ccccc21)S(=O)(=O)C1=Cc2ccccc2CC1. The number of hydrogen-bond acceptors (Lipinski definition) is 2. The third-order valence-electron chi connectivity index (χ3n) is 5.50. The van der Waals surface area contributed by atoms with Crippen molar-refractivity contribution >= 4 is 16.1 Å². The van der Waals surface area contributed by atoms with Gasteiger partial charge in [-0.15, -0.1) is 0 Å². The summed E-state index contributed by atoms with van der Waals surface area (Å²) < 4.78 is 28.1. The Kier molecular flexibility index (Phi) is 4.26. The van der Waals surface area contributed by atoms with Crippen LogP contribution in [0.5, 0.6) is 0 Å². The highest BCUT2D eigenvalue weighted by molar-refractivity contribution is 7.93. The Bertz CT molecular complexity index is 930. The van der Waals surface area contributed by atoms with Crippen LogP contribution in [0.3, 0.4) is 0 Å². The summed E-state index contributed by atoms with van der Waals surface area (Å²) >= 11 is 0. The molecule has 0 N–H and O–H groups in total. The Morgan fingerprint density at radius 2 is 1.64 bits per heavy atom. The number of allylic oxidation sites excluding steroid dienone is 1. The second-order valence-electron chi connectivity index (χ2n) is 6.94. The fraction of sp³-hybridized carbons (Fsp3) is 0.333. The van der Waals surface area contributed by atoms with Crippen LogP contribution in [-0.2, 0) is 22.9 Å². The van der Waals surface area contributed by atoms with Crippen LogP contribution in [-0.4, -0.2) is 19.8 Å². The van der Waals surface area contributed by atoms with E-state index in [-0.39, 0.29) is 6.04 Å². The van der Waals surface area contributed by atoms with Crippen molar-refractivity contribution in [3.63, 3.8) is 0 Å². The largest absolute Gasteiger partial charge is 0.239 e. The molecule has 25 heavy (non-hydrogen) atoms. The van der Waals surface area contributed by atoms with Gasteiger partial charge in [0.25, 0.3) is 0 Å². The summed E-state index contributed by atoms with van der Waals surface area (Å²) in [6, 6.07) is 16.2. The lowest BCUT2D eigenvalue weighted by atomic mass is 9.88.